The molecule has 2 rings (SSSR count). The molecule has 40 heavy (non-hydrogen) atoms. The number of carbonyl (C=O) groups is 1. The molecular weight excluding hydrogens is 611 g/mol. The number of carbonyl (C=O) groups excluding carboxylic acids is 1. The van der Waals surface area contributed by atoms with Crippen molar-refractivity contribution in [2.45, 2.75) is 72.6 Å². The van der Waals surface area contributed by atoms with E-state index in [0.717, 1.165) is 34.5 Å². The SMILES string of the molecule is CCC[CH2][Sn]([CH2]CCC)([CH2]CCC)[c]1cc(/C=C/C(O)=C/C(=O)/C=C/c2ccc(O)c(OC)c2)cc(OC)c1O. The van der Waals surface area contributed by atoms with Gasteiger partial charge < -0.3 is 9.84 Å². The molecule has 0 heterocycles. The van der Waals surface area contributed by atoms with Gasteiger partial charge in [-0.3, -0.25) is 0 Å². The molecule has 0 bridgehead atoms. The molecular formula is C33H46O6Sn. The first kappa shape index (κ1) is 33.3. The molecule has 3 N–H and O–H groups in total. The van der Waals surface area contributed by atoms with Crippen molar-refractivity contribution in [3.8, 4) is 23.0 Å². The van der Waals surface area contributed by atoms with Gasteiger partial charge in [-0.15, -0.1) is 0 Å². The molecule has 0 aliphatic carbocycles. The Balaban J connectivity index is 2.37. The monoisotopic (exact) mass is 658 g/mol. The van der Waals surface area contributed by atoms with Crippen molar-refractivity contribution in [2.75, 3.05) is 14.2 Å². The van der Waals surface area contributed by atoms with Crippen molar-refractivity contribution in [3.63, 3.8) is 0 Å². The summed E-state index contributed by atoms with van der Waals surface area (Å²) in [5.41, 5.74) is 1.51. The van der Waals surface area contributed by atoms with Gasteiger partial charge in [0.05, 0.1) is 7.11 Å². The Kier molecular flexibility index (Phi) is 14.2. The first-order valence-electron chi connectivity index (χ1n) is 14.3. The predicted octanol–water partition coefficient (Wildman–Crippen LogP) is 7.91. The second-order valence-electron chi connectivity index (χ2n) is 10.3. The number of phenols is 2. The van der Waals surface area contributed by atoms with Gasteiger partial charge in [0.1, 0.15) is 0 Å². The number of allylic oxidation sites excluding steroid dienone is 3. The third-order valence-electron chi connectivity index (χ3n) is 7.30. The summed E-state index contributed by atoms with van der Waals surface area (Å²) in [6.45, 7) is 6.68. The number of benzene rings is 2. The van der Waals surface area contributed by atoms with E-state index in [2.05, 4.69) is 26.8 Å². The van der Waals surface area contributed by atoms with Gasteiger partial charge in [-0.1, -0.05) is 0 Å². The van der Waals surface area contributed by atoms with Gasteiger partial charge in [-0.2, -0.15) is 0 Å². The van der Waals surface area contributed by atoms with Crippen LogP contribution in [0.1, 0.15) is 70.4 Å². The number of aliphatic hydroxyl groups excluding tert-OH is 1. The molecule has 6 nitrogen and oxygen atoms in total. The Labute approximate surface area is 243 Å². The van der Waals surface area contributed by atoms with Crippen LogP contribution >= 0.6 is 0 Å². The first-order valence-corrected chi connectivity index (χ1v) is 21.8. The van der Waals surface area contributed by atoms with E-state index in [1.807, 2.05) is 0 Å². The second-order valence-corrected chi connectivity index (χ2v) is 23.4. The van der Waals surface area contributed by atoms with Crippen LogP contribution in [0.25, 0.3) is 12.2 Å². The number of aliphatic hydroxyl groups is 1. The molecule has 0 amide bonds. The Morgan fingerprint density at radius 2 is 1.35 bits per heavy atom. The van der Waals surface area contributed by atoms with Crippen molar-refractivity contribution < 1.29 is 29.6 Å². The summed E-state index contributed by atoms with van der Waals surface area (Å²) in [6, 6.07) is 8.64. The van der Waals surface area contributed by atoms with E-state index in [-0.39, 0.29) is 23.0 Å². The van der Waals surface area contributed by atoms with Crippen molar-refractivity contribution >= 4 is 39.9 Å². The summed E-state index contributed by atoms with van der Waals surface area (Å²) in [4.78, 5) is 12.4. The van der Waals surface area contributed by atoms with Gasteiger partial charge >= 0.3 is 210 Å². The van der Waals surface area contributed by atoms with Gasteiger partial charge in [-0.05, 0) is 6.07 Å². The molecule has 0 unspecified atom stereocenters. The number of hydrogen-bond acceptors (Lipinski definition) is 6. The quantitative estimate of drug-likeness (QED) is 0.0693. The molecule has 0 aromatic heterocycles. The van der Waals surface area contributed by atoms with E-state index in [0.29, 0.717) is 17.1 Å². The molecule has 0 radical (unpaired) electrons. The molecule has 0 spiro atoms. The Hall–Kier alpha value is -2.87. The Morgan fingerprint density at radius 3 is 1.90 bits per heavy atom. The third-order valence-corrected chi connectivity index (χ3v) is 22.9. The fourth-order valence-corrected chi connectivity index (χ4v) is 21.4. The van der Waals surface area contributed by atoms with E-state index in [4.69, 9.17) is 9.47 Å². The standard InChI is InChI=1S/C21H19O6.3C4H9.Sn/c1-26-20-11-14(5-9-18(20)24)3-7-16(22)13-17(23)8-4-15-6-10-19(25)21(12-15)27-2;3*1-3-4-2;/h3-9,11-13,23-25H,1-2H3;3*1,3-4H2,2H3;/b7-3+,8-4+,17-13-;;;;. The van der Waals surface area contributed by atoms with Crippen molar-refractivity contribution in [1.82, 2.24) is 0 Å². The number of aromatic hydroxyl groups is 2. The van der Waals surface area contributed by atoms with Crippen LogP contribution in [0.3, 0.4) is 0 Å². The van der Waals surface area contributed by atoms with Gasteiger partial charge in [0.25, 0.3) is 0 Å². The van der Waals surface area contributed by atoms with E-state index in [9.17, 15) is 20.1 Å². The van der Waals surface area contributed by atoms with Crippen LogP contribution in [0.4, 0.5) is 0 Å². The molecule has 2 aromatic carbocycles. The Morgan fingerprint density at radius 1 is 0.800 bits per heavy atom. The molecule has 7 heteroatoms. The number of unbranched alkanes of at least 4 members (excludes halogenated alkanes) is 3. The number of ketones is 1. The van der Waals surface area contributed by atoms with E-state index in [1.165, 1.54) is 57.9 Å². The van der Waals surface area contributed by atoms with Crippen molar-refractivity contribution in [1.29, 1.82) is 0 Å². The second kappa shape index (κ2) is 17.1. The average molecular weight is 657 g/mol. The van der Waals surface area contributed by atoms with Crippen LogP contribution in [-0.2, 0) is 4.79 Å². The zero-order valence-corrected chi connectivity index (χ0v) is 27.6. The van der Waals surface area contributed by atoms with E-state index < -0.39 is 18.4 Å². The zero-order chi connectivity index (χ0) is 29.5. The van der Waals surface area contributed by atoms with Crippen molar-refractivity contribution in [3.05, 3.63) is 65.4 Å². The summed E-state index contributed by atoms with van der Waals surface area (Å²) in [6.07, 6.45) is 14.2. The molecule has 0 saturated carbocycles. The van der Waals surface area contributed by atoms with Crippen LogP contribution in [0.5, 0.6) is 23.0 Å². The summed E-state index contributed by atoms with van der Waals surface area (Å²) < 4.78 is 15.4. The van der Waals surface area contributed by atoms with Gasteiger partial charge in [0, 0.05) is 0 Å². The number of ether oxygens (including phenoxy) is 2. The number of hydrogen-bond donors (Lipinski definition) is 3. The fourth-order valence-electron chi connectivity index (χ4n) is 5.01. The fraction of sp³-hybridized carbons (Fsp3) is 0.424. The summed E-state index contributed by atoms with van der Waals surface area (Å²) in [5.74, 6) is 0.507. The maximum atomic E-state index is 12.4. The molecule has 218 valence electrons. The first-order chi connectivity index (χ1) is 19.2. The van der Waals surface area contributed by atoms with E-state index >= 15 is 0 Å². The van der Waals surface area contributed by atoms with E-state index in [1.54, 1.807) is 37.5 Å². The van der Waals surface area contributed by atoms with Crippen LogP contribution in [0.2, 0.25) is 13.3 Å². The zero-order valence-electron chi connectivity index (χ0n) is 24.7. The minimum absolute atomic E-state index is 0.0186. The van der Waals surface area contributed by atoms with Crippen molar-refractivity contribution in [2.24, 2.45) is 0 Å². The molecule has 0 atom stereocenters. The van der Waals surface area contributed by atoms with Crippen LogP contribution in [-0.4, -0.2) is 53.7 Å². The molecule has 0 fully saturated rings. The number of rotatable bonds is 17. The summed E-state index contributed by atoms with van der Waals surface area (Å²) >= 11 is -2.98. The number of methoxy groups -OCH3 is 2. The van der Waals surface area contributed by atoms with Gasteiger partial charge in [0.2, 0.25) is 0 Å². The number of phenolic OH excluding ortho intramolecular Hbond substituents is 2. The summed E-state index contributed by atoms with van der Waals surface area (Å²) in [5, 5.41) is 31.5. The Bertz CT molecular complexity index is 1180. The van der Waals surface area contributed by atoms with Crippen LogP contribution in [0.15, 0.2) is 54.3 Å². The molecule has 0 saturated heterocycles. The predicted molar refractivity (Wildman–Crippen MR) is 168 cm³/mol. The summed E-state index contributed by atoms with van der Waals surface area (Å²) in [7, 11) is 3.03. The molecule has 0 aliphatic heterocycles. The van der Waals surface area contributed by atoms with Crippen LogP contribution < -0.4 is 13.1 Å². The van der Waals surface area contributed by atoms with Crippen LogP contribution in [0, 0.1) is 0 Å². The van der Waals surface area contributed by atoms with Gasteiger partial charge in [0.15, 0.2) is 11.5 Å². The molecule has 2 aromatic rings. The maximum absolute atomic E-state index is 12.4. The minimum atomic E-state index is -2.98. The topological polar surface area (TPSA) is 96.2 Å². The average Bonchev–Trinajstić information content (AvgIpc) is 2.96. The molecule has 0 aliphatic rings. The van der Waals surface area contributed by atoms with Gasteiger partial charge in [-0.25, -0.2) is 0 Å². The normalized spacial score (nSPS) is 12.4. The third kappa shape index (κ3) is 9.65.